The van der Waals surface area contributed by atoms with Gasteiger partial charge >= 0.3 is 0 Å². The second-order valence-corrected chi connectivity index (χ2v) is 4.00. The van der Waals surface area contributed by atoms with Crippen LogP contribution in [0.25, 0.3) is 0 Å². The van der Waals surface area contributed by atoms with Crippen molar-refractivity contribution in [3.8, 4) is 6.07 Å². The molecule has 1 aromatic carbocycles. The van der Waals surface area contributed by atoms with E-state index in [4.69, 9.17) is 5.26 Å². The van der Waals surface area contributed by atoms with Gasteiger partial charge in [-0.3, -0.25) is 4.79 Å². The lowest BCUT2D eigenvalue weighted by Gasteiger charge is -2.09. The molecule has 0 saturated carbocycles. The lowest BCUT2D eigenvalue weighted by Crippen LogP contribution is -2.28. The van der Waals surface area contributed by atoms with Gasteiger partial charge in [-0.15, -0.1) is 0 Å². The maximum atomic E-state index is 11.8. The summed E-state index contributed by atoms with van der Waals surface area (Å²) in [5.74, 6) is -0.988. The molecule has 0 radical (unpaired) electrons. The molecule has 1 N–H and O–H groups in total. The molecule has 0 aliphatic carbocycles. The summed E-state index contributed by atoms with van der Waals surface area (Å²) in [5.41, 5.74) is 1.86. The molecular formula is C14H16N2O. The molecule has 0 aromatic heterocycles. The molecule has 88 valence electrons. The number of nitrogens with one attached hydrogen (secondary N) is 1. The van der Waals surface area contributed by atoms with Gasteiger partial charge in [-0.05, 0) is 19.4 Å². The first kappa shape index (κ1) is 13.0. The quantitative estimate of drug-likeness (QED) is 0.804. The van der Waals surface area contributed by atoms with Crippen molar-refractivity contribution >= 4 is 5.91 Å². The van der Waals surface area contributed by atoms with E-state index in [0.717, 1.165) is 11.1 Å². The second-order valence-electron chi connectivity index (χ2n) is 4.00. The van der Waals surface area contributed by atoms with Crippen LogP contribution < -0.4 is 5.32 Å². The first-order valence-electron chi connectivity index (χ1n) is 5.50. The van der Waals surface area contributed by atoms with Crippen LogP contribution >= 0.6 is 0 Å². The molecule has 1 rings (SSSR count). The van der Waals surface area contributed by atoms with Crippen LogP contribution in [0.4, 0.5) is 0 Å². The van der Waals surface area contributed by atoms with E-state index in [0.29, 0.717) is 6.54 Å². The minimum atomic E-state index is -0.734. The van der Waals surface area contributed by atoms with E-state index in [-0.39, 0.29) is 5.91 Å². The molecule has 0 saturated heterocycles. The zero-order valence-electron chi connectivity index (χ0n) is 10.1. The van der Waals surface area contributed by atoms with Gasteiger partial charge in [-0.2, -0.15) is 5.26 Å². The Bertz CT molecular complexity index is 439. The summed E-state index contributed by atoms with van der Waals surface area (Å²) in [5, 5.41) is 11.8. The lowest BCUT2D eigenvalue weighted by atomic mass is 10.00. The summed E-state index contributed by atoms with van der Waals surface area (Å²) >= 11 is 0. The van der Waals surface area contributed by atoms with E-state index in [1.54, 1.807) is 12.1 Å². The first-order valence-corrected chi connectivity index (χ1v) is 5.50. The van der Waals surface area contributed by atoms with Crippen molar-refractivity contribution in [1.29, 1.82) is 5.26 Å². The molecule has 1 aromatic rings. The fourth-order valence-corrected chi connectivity index (χ4v) is 1.39. The minimum absolute atomic E-state index is 0.254. The standard InChI is InChI=1S/C14H16N2O/c1-11(2)8-9-16-14(17)13(10-15)12-6-4-3-5-7-12/h3-8,13H,9H2,1-2H3,(H,16,17). The van der Waals surface area contributed by atoms with Gasteiger partial charge in [-0.25, -0.2) is 0 Å². The van der Waals surface area contributed by atoms with Gasteiger partial charge in [0.05, 0.1) is 6.07 Å². The number of hydrogen-bond acceptors (Lipinski definition) is 2. The van der Waals surface area contributed by atoms with Crippen molar-refractivity contribution < 1.29 is 4.79 Å². The zero-order valence-corrected chi connectivity index (χ0v) is 10.1. The van der Waals surface area contributed by atoms with Gasteiger partial charge in [0.1, 0.15) is 5.92 Å². The maximum absolute atomic E-state index is 11.8. The predicted molar refractivity (Wildman–Crippen MR) is 67.2 cm³/mol. The fraction of sp³-hybridized carbons (Fsp3) is 0.286. The van der Waals surface area contributed by atoms with Crippen LogP contribution in [-0.2, 0) is 4.79 Å². The Kier molecular flexibility index (Phi) is 4.96. The van der Waals surface area contributed by atoms with Crippen molar-refractivity contribution in [2.24, 2.45) is 0 Å². The number of carbonyl (C=O) groups is 1. The van der Waals surface area contributed by atoms with Gasteiger partial charge in [0.15, 0.2) is 0 Å². The number of carbonyl (C=O) groups excluding carboxylic acids is 1. The largest absolute Gasteiger partial charge is 0.351 e. The highest BCUT2D eigenvalue weighted by atomic mass is 16.1. The highest BCUT2D eigenvalue weighted by molar-refractivity contribution is 5.86. The van der Waals surface area contributed by atoms with Crippen LogP contribution in [0.15, 0.2) is 42.0 Å². The summed E-state index contributed by atoms with van der Waals surface area (Å²) in [6, 6.07) is 11.1. The van der Waals surface area contributed by atoms with E-state index in [9.17, 15) is 4.79 Å². The monoisotopic (exact) mass is 228 g/mol. The molecule has 0 bridgehead atoms. The Morgan fingerprint density at radius 1 is 1.41 bits per heavy atom. The second kappa shape index (κ2) is 6.49. The molecule has 0 fully saturated rings. The van der Waals surface area contributed by atoms with Crippen LogP contribution in [0.1, 0.15) is 25.3 Å². The summed E-state index contributed by atoms with van der Waals surface area (Å²) in [7, 11) is 0. The summed E-state index contributed by atoms with van der Waals surface area (Å²) in [6.45, 7) is 4.39. The van der Waals surface area contributed by atoms with Gasteiger partial charge in [0, 0.05) is 6.54 Å². The highest BCUT2D eigenvalue weighted by Gasteiger charge is 2.18. The topological polar surface area (TPSA) is 52.9 Å². The minimum Gasteiger partial charge on any atom is -0.351 e. The SMILES string of the molecule is CC(C)=CCNC(=O)C(C#N)c1ccccc1. The molecule has 1 atom stereocenters. The van der Waals surface area contributed by atoms with E-state index in [2.05, 4.69) is 5.32 Å². The number of benzene rings is 1. The smallest absolute Gasteiger partial charge is 0.242 e. The maximum Gasteiger partial charge on any atom is 0.242 e. The van der Waals surface area contributed by atoms with Crippen LogP contribution in [-0.4, -0.2) is 12.5 Å². The predicted octanol–water partition coefficient (Wildman–Crippen LogP) is 2.38. The molecule has 3 nitrogen and oxygen atoms in total. The first-order chi connectivity index (χ1) is 8.15. The van der Waals surface area contributed by atoms with E-state index >= 15 is 0 Å². The molecule has 0 aliphatic rings. The molecule has 0 spiro atoms. The number of hydrogen-bond donors (Lipinski definition) is 1. The van der Waals surface area contributed by atoms with Crippen molar-refractivity contribution in [3.63, 3.8) is 0 Å². The van der Waals surface area contributed by atoms with Crippen molar-refractivity contribution in [2.45, 2.75) is 19.8 Å². The molecule has 1 amide bonds. The Balaban J connectivity index is 2.67. The number of rotatable bonds is 4. The normalized spacial score (nSPS) is 11.1. The molecule has 3 heteroatoms. The Morgan fingerprint density at radius 2 is 2.06 bits per heavy atom. The Morgan fingerprint density at radius 3 is 2.59 bits per heavy atom. The third-order valence-electron chi connectivity index (χ3n) is 2.31. The van der Waals surface area contributed by atoms with Crippen molar-refractivity contribution in [2.75, 3.05) is 6.54 Å². The highest BCUT2D eigenvalue weighted by Crippen LogP contribution is 2.14. The number of nitrogens with zero attached hydrogens (tertiary/aromatic N) is 1. The Hall–Kier alpha value is -2.08. The van der Waals surface area contributed by atoms with Crippen LogP contribution in [0.5, 0.6) is 0 Å². The van der Waals surface area contributed by atoms with Gasteiger partial charge < -0.3 is 5.32 Å². The van der Waals surface area contributed by atoms with E-state index in [1.807, 2.05) is 44.2 Å². The lowest BCUT2D eigenvalue weighted by molar-refractivity contribution is -0.121. The van der Waals surface area contributed by atoms with Gasteiger partial charge in [0.2, 0.25) is 5.91 Å². The van der Waals surface area contributed by atoms with Crippen molar-refractivity contribution in [3.05, 3.63) is 47.5 Å². The van der Waals surface area contributed by atoms with Crippen LogP contribution in [0, 0.1) is 11.3 Å². The van der Waals surface area contributed by atoms with Crippen LogP contribution in [0.2, 0.25) is 0 Å². The number of nitriles is 1. The third-order valence-corrected chi connectivity index (χ3v) is 2.31. The van der Waals surface area contributed by atoms with E-state index in [1.165, 1.54) is 0 Å². The molecule has 0 aliphatic heterocycles. The fourth-order valence-electron chi connectivity index (χ4n) is 1.39. The zero-order chi connectivity index (χ0) is 12.7. The molecule has 17 heavy (non-hydrogen) atoms. The third kappa shape index (κ3) is 4.12. The molecule has 0 heterocycles. The Labute approximate surface area is 102 Å². The number of amides is 1. The van der Waals surface area contributed by atoms with Crippen LogP contribution in [0.3, 0.4) is 0 Å². The summed E-state index contributed by atoms with van der Waals surface area (Å²) in [6.07, 6.45) is 1.91. The van der Waals surface area contributed by atoms with Gasteiger partial charge in [0.25, 0.3) is 0 Å². The number of allylic oxidation sites excluding steroid dienone is 1. The molecular weight excluding hydrogens is 212 g/mol. The van der Waals surface area contributed by atoms with Crippen molar-refractivity contribution in [1.82, 2.24) is 5.32 Å². The summed E-state index contributed by atoms with van der Waals surface area (Å²) in [4.78, 5) is 11.8. The van der Waals surface area contributed by atoms with E-state index < -0.39 is 5.92 Å². The van der Waals surface area contributed by atoms with Gasteiger partial charge in [-0.1, -0.05) is 42.0 Å². The average Bonchev–Trinajstić information content (AvgIpc) is 2.31. The molecule has 1 unspecified atom stereocenters. The average molecular weight is 228 g/mol. The summed E-state index contributed by atoms with van der Waals surface area (Å²) < 4.78 is 0.